The number of halogens is 2. The van der Waals surface area contributed by atoms with Crippen molar-refractivity contribution in [3.63, 3.8) is 0 Å². The average molecular weight is 853 g/mol. The third-order valence-corrected chi connectivity index (χ3v) is 35.5. The fourth-order valence-electron chi connectivity index (χ4n) is 9.64. The van der Waals surface area contributed by atoms with E-state index in [9.17, 15) is 0 Å². The molecule has 272 valence electrons. The topological polar surface area (TPSA) is 51.6 Å². The van der Waals surface area contributed by atoms with Crippen molar-refractivity contribution in [2.24, 2.45) is 0 Å². The molecule has 0 N–H and O–H groups in total. The predicted molar refractivity (Wildman–Crippen MR) is 234 cm³/mol. The number of fused-ring (bicyclic) bond motifs is 2. The molecule has 2 unspecified atom stereocenters. The molecule has 2 aliphatic carbocycles. The van der Waals surface area contributed by atoms with E-state index in [4.69, 9.17) is 19.9 Å². The number of hydrogen-bond acceptors (Lipinski definition) is 4. The molecule has 0 saturated heterocycles. The van der Waals surface area contributed by atoms with Crippen molar-refractivity contribution in [1.29, 1.82) is 0 Å². The van der Waals surface area contributed by atoms with Crippen molar-refractivity contribution in [2.45, 2.75) is 25.7 Å². The Balaban J connectivity index is 0.00000233. The van der Waals surface area contributed by atoms with Gasteiger partial charge in [-0.3, -0.25) is 0 Å². The van der Waals surface area contributed by atoms with Gasteiger partial charge >= 0.3 is 316 Å². The summed E-state index contributed by atoms with van der Waals surface area (Å²) in [7, 11) is 0. The van der Waals surface area contributed by atoms with Crippen LogP contribution >= 0.6 is 24.8 Å². The zero-order valence-corrected chi connectivity index (χ0v) is 36.6. The monoisotopic (exact) mass is 850 g/mol. The van der Waals surface area contributed by atoms with Crippen molar-refractivity contribution in [3.8, 4) is 45.0 Å². The summed E-state index contributed by atoms with van der Waals surface area (Å²) in [5.74, 6) is 0. The van der Waals surface area contributed by atoms with Crippen LogP contribution in [0.5, 0.6) is 0 Å². The normalized spacial score (nSPS) is 15.9. The SMILES string of the molecule is CC1=Cc2c(-c3ccccn3)cc(-c3ccccn3)cc2[CH]1[Zr]([CH3])(=[SiH2])([c]1ccccc1)[CH]1C(C)=Cc2c(-c3ccccn3)cc(-c3ccccn3)cc21.Cl.Cl. The zero-order valence-electron chi connectivity index (χ0n) is 31.1. The van der Waals surface area contributed by atoms with Crippen LogP contribution in [-0.2, 0) is 17.4 Å². The predicted octanol–water partition coefficient (Wildman–Crippen LogP) is 11.0. The molecular formula is C47H42Cl2N4SiZr. The van der Waals surface area contributed by atoms with Gasteiger partial charge in [-0.1, -0.05) is 0 Å². The van der Waals surface area contributed by atoms with Crippen molar-refractivity contribution in [2.75, 3.05) is 0 Å². The van der Waals surface area contributed by atoms with Gasteiger partial charge < -0.3 is 0 Å². The number of nitrogens with zero attached hydrogens (tertiary/aromatic N) is 4. The van der Waals surface area contributed by atoms with E-state index >= 15 is 0 Å². The van der Waals surface area contributed by atoms with Gasteiger partial charge in [-0.25, -0.2) is 0 Å². The van der Waals surface area contributed by atoms with Crippen LogP contribution in [0.3, 0.4) is 0 Å². The molecule has 4 nitrogen and oxygen atoms in total. The van der Waals surface area contributed by atoms with Gasteiger partial charge in [0.25, 0.3) is 0 Å². The number of allylic oxidation sites excluding steroid dienone is 2. The summed E-state index contributed by atoms with van der Waals surface area (Å²) in [6.07, 6.45) is 12.5. The van der Waals surface area contributed by atoms with Gasteiger partial charge in [0.15, 0.2) is 0 Å². The second-order valence-corrected chi connectivity index (χ2v) is 41.4. The number of benzene rings is 3. The molecular weight excluding hydrogens is 811 g/mol. The van der Waals surface area contributed by atoms with Gasteiger partial charge in [-0.15, -0.1) is 24.8 Å². The molecule has 8 heteroatoms. The van der Waals surface area contributed by atoms with Crippen molar-refractivity contribution < 1.29 is 17.4 Å². The molecule has 0 amide bonds. The average Bonchev–Trinajstić information content (AvgIpc) is 3.75. The Kier molecular flexibility index (Phi) is 10.7. The summed E-state index contributed by atoms with van der Waals surface area (Å²) in [6.45, 7) is 7.13. The van der Waals surface area contributed by atoms with Gasteiger partial charge in [0.1, 0.15) is 0 Å². The maximum atomic E-state index is 4.89. The molecule has 2 atom stereocenters. The third-order valence-electron chi connectivity index (χ3n) is 11.7. The molecule has 4 heterocycles. The minimum Gasteiger partial charge on any atom is -0.147 e. The summed E-state index contributed by atoms with van der Waals surface area (Å²) in [5, 5.41) is 0. The van der Waals surface area contributed by atoms with Gasteiger partial charge in [-0.2, -0.15) is 0 Å². The molecule has 0 fully saturated rings. The first-order valence-corrected chi connectivity index (χ1v) is 30.7. The largest absolute Gasteiger partial charge is 0.147 e. The van der Waals surface area contributed by atoms with Crippen LogP contribution in [0.25, 0.3) is 57.2 Å². The standard InChI is InChI=1S/2C20H15N2.C6H5.CH3.2ClH.H2Si.Zr/c2*1-14-10-15-12-16(19-6-2-4-8-21-19)13-18(17(15)11-14)20-7-3-5-9-22-20;1-2-4-6-5-3-1;;;;;/h2*2-13H,1H3;1-5H;1H3;2*1H;1H2;. The number of aromatic nitrogens is 4. The summed E-state index contributed by atoms with van der Waals surface area (Å²) in [6, 6.07) is 45.8. The smallest absolute Gasteiger partial charge is 0.147 e. The second-order valence-electron chi connectivity index (χ2n) is 15.1. The minimum absolute atomic E-state index is 0. The Morgan fingerprint density at radius 3 is 1.20 bits per heavy atom. The quantitative estimate of drug-likeness (QED) is 0.150. The molecule has 9 rings (SSSR count). The summed E-state index contributed by atoms with van der Waals surface area (Å²) in [4.78, 5) is 19.5. The van der Waals surface area contributed by atoms with Crippen molar-refractivity contribution in [3.05, 3.63) is 186 Å². The molecule has 2 aliphatic rings. The van der Waals surface area contributed by atoms with Crippen LogP contribution in [0.2, 0.25) is 4.63 Å². The fourth-order valence-corrected chi connectivity index (χ4v) is 34.8. The van der Waals surface area contributed by atoms with Gasteiger partial charge in [0, 0.05) is 0 Å². The first-order chi connectivity index (χ1) is 25.8. The molecule has 0 radical (unpaired) electrons. The van der Waals surface area contributed by atoms with E-state index < -0.39 is 17.4 Å². The Morgan fingerprint density at radius 1 is 0.473 bits per heavy atom. The Labute approximate surface area is 338 Å². The van der Waals surface area contributed by atoms with Crippen LogP contribution in [0.4, 0.5) is 0 Å². The molecule has 0 aliphatic heterocycles. The van der Waals surface area contributed by atoms with Gasteiger partial charge in [-0.05, 0) is 0 Å². The number of hydrogen-bond donors (Lipinski definition) is 0. The van der Waals surface area contributed by atoms with Crippen molar-refractivity contribution >= 4 is 47.1 Å². The summed E-state index contributed by atoms with van der Waals surface area (Å²) >= 11 is -4.46. The molecule has 55 heavy (non-hydrogen) atoms. The first kappa shape index (κ1) is 38.7. The van der Waals surface area contributed by atoms with E-state index in [0.717, 1.165) is 45.0 Å². The maximum absolute atomic E-state index is 4.89. The molecule has 7 aromatic rings. The van der Waals surface area contributed by atoms with E-state index in [1.807, 2.05) is 49.1 Å². The third kappa shape index (κ3) is 6.43. The van der Waals surface area contributed by atoms with E-state index in [-0.39, 0.29) is 32.1 Å². The van der Waals surface area contributed by atoms with E-state index in [1.54, 1.807) is 0 Å². The maximum Gasteiger partial charge on any atom is -0.147 e. The number of rotatable bonds is 7. The zero-order chi connectivity index (χ0) is 36.2. The fraction of sp³-hybridized carbons (Fsp3) is 0.106. The van der Waals surface area contributed by atoms with Crippen LogP contribution in [0, 0.1) is 0 Å². The van der Waals surface area contributed by atoms with E-state index in [1.165, 1.54) is 36.7 Å². The Hall–Kier alpha value is -4.58. The Morgan fingerprint density at radius 2 is 0.836 bits per heavy atom. The second kappa shape index (κ2) is 15.2. The molecule has 3 aromatic carbocycles. The van der Waals surface area contributed by atoms with E-state index in [2.05, 4.69) is 141 Å². The number of pyridine rings is 4. The summed E-state index contributed by atoms with van der Waals surface area (Å²) < 4.78 is 4.70. The van der Waals surface area contributed by atoms with Crippen LogP contribution in [-0.4, -0.2) is 26.8 Å². The molecule has 0 saturated carbocycles. The Bertz CT molecular complexity index is 2490. The van der Waals surface area contributed by atoms with Crippen LogP contribution in [0.1, 0.15) is 43.4 Å². The van der Waals surface area contributed by atoms with Crippen molar-refractivity contribution in [1.82, 2.24) is 19.9 Å². The molecule has 4 aromatic heterocycles. The molecule has 0 spiro atoms. The minimum atomic E-state index is -4.46. The van der Waals surface area contributed by atoms with Gasteiger partial charge in [0.2, 0.25) is 0 Å². The summed E-state index contributed by atoms with van der Waals surface area (Å²) in [5.41, 5.74) is 16.7. The van der Waals surface area contributed by atoms with E-state index in [0.29, 0.717) is 0 Å². The molecule has 0 bridgehead atoms. The van der Waals surface area contributed by atoms with Crippen LogP contribution in [0.15, 0.2) is 163 Å². The van der Waals surface area contributed by atoms with Gasteiger partial charge in [0.05, 0.1) is 0 Å². The van der Waals surface area contributed by atoms with Crippen LogP contribution < -0.4 is 3.27 Å². The first-order valence-electron chi connectivity index (χ1n) is 18.3.